The summed E-state index contributed by atoms with van der Waals surface area (Å²) < 4.78 is 9.13. The van der Waals surface area contributed by atoms with Crippen molar-refractivity contribution in [1.29, 1.82) is 0 Å². The molecule has 0 aliphatic carbocycles. The van der Waals surface area contributed by atoms with Gasteiger partial charge in [-0.05, 0) is 40.0 Å². The van der Waals surface area contributed by atoms with Gasteiger partial charge in [-0.25, -0.2) is 9.34 Å². The van der Waals surface area contributed by atoms with Crippen LogP contribution in [0.15, 0.2) is 0 Å². The van der Waals surface area contributed by atoms with Crippen LogP contribution in [0.25, 0.3) is 0 Å². The lowest BCUT2D eigenvalue weighted by Gasteiger charge is -2.32. The summed E-state index contributed by atoms with van der Waals surface area (Å²) in [5.74, 6) is 0. The second kappa shape index (κ2) is 3.79. The second-order valence-electron chi connectivity index (χ2n) is 2.37. The van der Waals surface area contributed by atoms with Crippen molar-refractivity contribution in [3.8, 4) is 0 Å². The molecule has 0 unspecified atom stereocenters. The molecular weight excluding hydrogens is 167 g/mol. The van der Waals surface area contributed by atoms with E-state index in [1.54, 1.807) is 7.11 Å². The fourth-order valence-electron chi connectivity index (χ4n) is 0.684. The van der Waals surface area contributed by atoms with Gasteiger partial charge in [-0.15, -0.1) is 0 Å². The standard InChI is InChI=1S/C5H15N2OPS/c1-6(2)9(10,8-5)7(3)4/h1-5H3. The van der Waals surface area contributed by atoms with Gasteiger partial charge >= 0.3 is 0 Å². The molecule has 0 aromatic rings. The Morgan fingerprint density at radius 2 is 1.40 bits per heavy atom. The van der Waals surface area contributed by atoms with E-state index in [4.69, 9.17) is 16.3 Å². The largest absolute Gasteiger partial charge is 0.330 e. The zero-order valence-corrected chi connectivity index (χ0v) is 8.87. The van der Waals surface area contributed by atoms with Gasteiger partial charge in [0.15, 0.2) is 0 Å². The lowest BCUT2D eigenvalue weighted by molar-refractivity contribution is 0.367. The third-order valence-electron chi connectivity index (χ3n) is 1.25. The van der Waals surface area contributed by atoms with Crippen molar-refractivity contribution in [3.63, 3.8) is 0 Å². The highest BCUT2D eigenvalue weighted by Gasteiger charge is 2.21. The van der Waals surface area contributed by atoms with Crippen LogP contribution in [0.3, 0.4) is 0 Å². The molecule has 0 aromatic carbocycles. The number of rotatable bonds is 3. The molecule has 0 spiro atoms. The maximum atomic E-state index is 5.29. The van der Waals surface area contributed by atoms with Crippen LogP contribution >= 0.6 is 6.57 Å². The lowest BCUT2D eigenvalue weighted by atomic mass is 11.3. The van der Waals surface area contributed by atoms with Crippen LogP contribution in [0.5, 0.6) is 0 Å². The first-order valence-corrected chi connectivity index (χ1v) is 5.59. The molecule has 0 amide bonds. The molecule has 0 saturated carbocycles. The van der Waals surface area contributed by atoms with Crippen molar-refractivity contribution in [2.75, 3.05) is 35.3 Å². The van der Waals surface area contributed by atoms with E-state index >= 15 is 0 Å². The molecule has 0 fully saturated rings. The molecule has 3 nitrogen and oxygen atoms in total. The summed E-state index contributed by atoms with van der Waals surface area (Å²) in [4.78, 5) is 0. The average molecular weight is 182 g/mol. The molecule has 0 aliphatic rings. The van der Waals surface area contributed by atoms with E-state index < -0.39 is 6.57 Å². The topological polar surface area (TPSA) is 15.7 Å². The Balaban J connectivity index is 4.40. The second-order valence-corrected chi connectivity index (χ2v) is 6.74. The predicted molar refractivity (Wildman–Crippen MR) is 48.7 cm³/mol. The number of hydrogen-bond acceptors (Lipinski definition) is 2. The molecule has 62 valence electrons. The highest BCUT2D eigenvalue weighted by molar-refractivity contribution is 8.09. The van der Waals surface area contributed by atoms with Crippen molar-refractivity contribution in [1.82, 2.24) is 9.34 Å². The highest BCUT2D eigenvalue weighted by atomic mass is 32.5. The minimum absolute atomic E-state index is 1.65. The van der Waals surface area contributed by atoms with Crippen molar-refractivity contribution in [2.24, 2.45) is 0 Å². The van der Waals surface area contributed by atoms with Crippen LogP contribution < -0.4 is 0 Å². The quantitative estimate of drug-likeness (QED) is 0.604. The first-order chi connectivity index (χ1) is 4.45. The van der Waals surface area contributed by atoms with E-state index in [2.05, 4.69) is 0 Å². The molecule has 0 heterocycles. The molecular formula is C5H15N2OPS. The lowest BCUT2D eigenvalue weighted by Crippen LogP contribution is -2.21. The molecule has 0 N–H and O–H groups in total. The fourth-order valence-corrected chi connectivity index (χ4v) is 2.05. The zero-order valence-electron chi connectivity index (χ0n) is 7.16. The van der Waals surface area contributed by atoms with Gasteiger partial charge in [0.05, 0.1) is 0 Å². The van der Waals surface area contributed by atoms with Gasteiger partial charge in [-0.3, -0.25) is 0 Å². The minimum Gasteiger partial charge on any atom is -0.330 e. The SMILES string of the molecule is COP(=S)(N(C)C)N(C)C. The van der Waals surface area contributed by atoms with Crippen LogP contribution in [-0.4, -0.2) is 44.6 Å². The summed E-state index contributed by atoms with van der Waals surface area (Å²) >= 11 is 5.29. The van der Waals surface area contributed by atoms with E-state index in [1.807, 2.05) is 37.5 Å². The Labute approximate surface area is 68.2 Å². The van der Waals surface area contributed by atoms with Crippen LogP contribution in [0.2, 0.25) is 0 Å². The maximum absolute atomic E-state index is 5.29. The van der Waals surface area contributed by atoms with Gasteiger partial charge in [0.25, 0.3) is 0 Å². The van der Waals surface area contributed by atoms with E-state index in [0.717, 1.165) is 0 Å². The van der Waals surface area contributed by atoms with Crippen LogP contribution in [0.1, 0.15) is 0 Å². The predicted octanol–water partition coefficient (Wildman–Crippen LogP) is 0.981. The summed E-state index contributed by atoms with van der Waals surface area (Å²) in [7, 11) is 9.39. The summed E-state index contributed by atoms with van der Waals surface area (Å²) in [6.07, 6.45) is 0. The Bertz CT molecular complexity index is 137. The van der Waals surface area contributed by atoms with Crippen molar-refractivity contribution in [3.05, 3.63) is 0 Å². The summed E-state index contributed by atoms with van der Waals surface area (Å²) in [5.41, 5.74) is 0. The van der Waals surface area contributed by atoms with Crippen molar-refractivity contribution >= 4 is 18.4 Å². The third-order valence-corrected chi connectivity index (χ3v) is 6.15. The summed E-state index contributed by atoms with van der Waals surface area (Å²) in [6, 6.07) is 0. The maximum Gasteiger partial charge on any atom is 0.202 e. The third kappa shape index (κ3) is 2.01. The minimum atomic E-state index is -1.84. The molecule has 0 bridgehead atoms. The van der Waals surface area contributed by atoms with Gasteiger partial charge < -0.3 is 4.52 Å². The Morgan fingerprint density at radius 1 is 1.10 bits per heavy atom. The fraction of sp³-hybridized carbons (Fsp3) is 1.00. The highest BCUT2D eigenvalue weighted by Crippen LogP contribution is 2.49. The van der Waals surface area contributed by atoms with Gasteiger partial charge in [0.1, 0.15) is 0 Å². The van der Waals surface area contributed by atoms with Crippen molar-refractivity contribution < 1.29 is 4.52 Å². The smallest absolute Gasteiger partial charge is 0.202 e. The molecule has 0 aliphatic heterocycles. The molecule has 0 radical (unpaired) electrons. The molecule has 0 aromatic heterocycles. The Kier molecular flexibility index (Phi) is 3.99. The van der Waals surface area contributed by atoms with E-state index in [1.165, 1.54) is 0 Å². The number of hydrogen-bond donors (Lipinski definition) is 0. The molecule has 0 saturated heterocycles. The van der Waals surface area contributed by atoms with E-state index in [0.29, 0.717) is 0 Å². The monoisotopic (exact) mass is 182 g/mol. The van der Waals surface area contributed by atoms with E-state index in [-0.39, 0.29) is 0 Å². The van der Waals surface area contributed by atoms with Crippen molar-refractivity contribution in [2.45, 2.75) is 0 Å². The molecule has 5 heteroatoms. The Morgan fingerprint density at radius 3 is 1.40 bits per heavy atom. The van der Waals surface area contributed by atoms with Gasteiger partial charge in [-0.2, -0.15) is 0 Å². The van der Waals surface area contributed by atoms with Gasteiger partial charge in [0, 0.05) is 7.11 Å². The molecule has 0 rings (SSSR count). The zero-order chi connectivity index (χ0) is 8.36. The van der Waals surface area contributed by atoms with Crippen LogP contribution in [0, 0.1) is 0 Å². The van der Waals surface area contributed by atoms with Crippen LogP contribution in [0.4, 0.5) is 0 Å². The summed E-state index contributed by atoms with van der Waals surface area (Å²) in [5, 5.41) is 0. The first-order valence-electron chi connectivity index (χ1n) is 2.96. The van der Waals surface area contributed by atoms with Crippen LogP contribution in [-0.2, 0) is 16.3 Å². The molecule has 0 atom stereocenters. The van der Waals surface area contributed by atoms with E-state index in [9.17, 15) is 0 Å². The first kappa shape index (κ1) is 10.5. The van der Waals surface area contributed by atoms with Gasteiger partial charge in [0.2, 0.25) is 6.57 Å². The number of nitrogens with zero attached hydrogens (tertiary/aromatic N) is 2. The van der Waals surface area contributed by atoms with Gasteiger partial charge in [-0.1, -0.05) is 0 Å². The normalized spacial score (nSPS) is 13.1. The molecule has 10 heavy (non-hydrogen) atoms. The summed E-state index contributed by atoms with van der Waals surface area (Å²) in [6.45, 7) is -1.84. The Hall–Kier alpha value is 0.530. The average Bonchev–Trinajstić information content (AvgIpc) is 1.85.